The average Bonchev–Trinajstić information content (AvgIpc) is 3.86. The first-order valence-corrected chi connectivity index (χ1v) is 27.3. The Balaban J connectivity index is 1.04. The number of aromatic nitrogens is 1. The van der Waals surface area contributed by atoms with E-state index >= 15 is 0 Å². The van der Waals surface area contributed by atoms with Crippen LogP contribution < -0.4 is 9.80 Å². The van der Waals surface area contributed by atoms with Gasteiger partial charge in [-0.15, -0.1) is 0 Å². The van der Waals surface area contributed by atoms with Gasteiger partial charge in [0.15, 0.2) is 0 Å². The van der Waals surface area contributed by atoms with Crippen LogP contribution in [-0.4, -0.2) is 4.57 Å². The van der Waals surface area contributed by atoms with Crippen molar-refractivity contribution in [3.05, 3.63) is 307 Å². The Labute approximate surface area is 464 Å². The highest BCUT2D eigenvalue weighted by atomic mass is 15.2. The number of nitrogens with zero attached hydrogens (tertiary/aromatic N) is 3. The minimum absolute atomic E-state index is 1.05. The van der Waals surface area contributed by atoms with Crippen LogP contribution in [0.2, 0.25) is 0 Å². The Morgan fingerprint density at radius 1 is 0.215 bits per heavy atom. The monoisotopic (exact) mass is 1010 g/mol. The molecule has 378 valence electrons. The molecule has 0 saturated carbocycles. The van der Waals surface area contributed by atoms with Gasteiger partial charge in [0.05, 0.1) is 11.0 Å². The minimum Gasteiger partial charge on any atom is -0.310 e. The molecule has 0 spiro atoms. The molecule has 0 radical (unpaired) electrons. The van der Waals surface area contributed by atoms with Gasteiger partial charge in [-0.1, -0.05) is 186 Å². The largest absolute Gasteiger partial charge is 0.310 e. The number of anilines is 6. The lowest BCUT2D eigenvalue weighted by atomic mass is 9.92. The highest BCUT2D eigenvalue weighted by Crippen LogP contribution is 2.46. The summed E-state index contributed by atoms with van der Waals surface area (Å²) in [5.74, 6) is 0. The van der Waals surface area contributed by atoms with E-state index in [1.54, 1.807) is 0 Å². The molecular weight excluding hydrogens is 955 g/mol. The topological polar surface area (TPSA) is 11.4 Å². The first-order chi connectivity index (χ1) is 38.8. The molecule has 12 aromatic carbocycles. The maximum atomic E-state index is 2.43. The van der Waals surface area contributed by atoms with Gasteiger partial charge in [0, 0.05) is 50.6 Å². The Kier molecular flexibility index (Phi) is 12.9. The first-order valence-electron chi connectivity index (χ1n) is 27.3. The normalized spacial score (nSPS) is 11.3. The van der Waals surface area contributed by atoms with E-state index < -0.39 is 0 Å². The highest BCUT2D eigenvalue weighted by molar-refractivity contribution is 6.12. The molecule has 79 heavy (non-hydrogen) atoms. The molecule has 0 atom stereocenters. The van der Waals surface area contributed by atoms with E-state index in [9.17, 15) is 0 Å². The third-order valence-corrected chi connectivity index (χ3v) is 15.4. The van der Waals surface area contributed by atoms with E-state index in [0.717, 1.165) is 78.7 Å². The summed E-state index contributed by atoms with van der Waals surface area (Å²) in [7, 11) is 0. The summed E-state index contributed by atoms with van der Waals surface area (Å²) in [4.78, 5) is 4.80. The Morgan fingerprint density at radius 3 is 0.899 bits per heavy atom. The molecule has 1 heterocycles. The number of hydrogen-bond acceptors (Lipinski definition) is 2. The van der Waals surface area contributed by atoms with Crippen LogP contribution in [0.15, 0.2) is 285 Å². The molecule has 3 heteroatoms. The molecule has 13 aromatic rings. The molecule has 0 amide bonds. The van der Waals surface area contributed by atoms with Crippen molar-refractivity contribution in [3.63, 3.8) is 0 Å². The third kappa shape index (κ3) is 9.80. The standard InChI is InChI=1S/C76H59N3/c1-52-20-32-66(33-21-52)77(67-34-22-53(2)23-35-67)71-47-65(48-72(51-71)78(68-36-24-54(3)25-37-68)69-38-26-55(4)27-39-69)64-45-62(58-18-12-7-13-19-58)44-63(46-64)61-31-43-76-74(50-61)73-49-60(57-16-10-6-11-17-57)30-42-75(73)79(76)70-40-28-59(29-41-70)56-14-8-5-9-15-56/h5-51H,1-4H3. The van der Waals surface area contributed by atoms with Crippen molar-refractivity contribution in [1.82, 2.24) is 4.57 Å². The molecular formula is C76H59N3. The zero-order valence-corrected chi connectivity index (χ0v) is 45.0. The van der Waals surface area contributed by atoms with Crippen LogP contribution in [0.1, 0.15) is 22.3 Å². The summed E-state index contributed by atoms with van der Waals surface area (Å²) in [5.41, 5.74) is 26.4. The summed E-state index contributed by atoms with van der Waals surface area (Å²) in [6, 6.07) is 105. The summed E-state index contributed by atoms with van der Waals surface area (Å²) in [6.45, 7) is 8.61. The fraction of sp³-hybridized carbons (Fsp3) is 0.0526. The van der Waals surface area contributed by atoms with Gasteiger partial charge in [-0.2, -0.15) is 0 Å². The van der Waals surface area contributed by atoms with Crippen molar-refractivity contribution in [2.75, 3.05) is 9.80 Å². The minimum atomic E-state index is 1.05. The van der Waals surface area contributed by atoms with E-state index in [4.69, 9.17) is 0 Å². The van der Waals surface area contributed by atoms with Crippen LogP contribution in [0.4, 0.5) is 34.1 Å². The van der Waals surface area contributed by atoms with Crippen LogP contribution in [0.25, 0.3) is 83.1 Å². The predicted octanol–water partition coefficient (Wildman–Crippen LogP) is 21.3. The van der Waals surface area contributed by atoms with Gasteiger partial charge in [0.1, 0.15) is 0 Å². The molecule has 0 unspecified atom stereocenters. The van der Waals surface area contributed by atoms with Crippen molar-refractivity contribution in [2.45, 2.75) is 27.7 Å². The molecule has 0 bridgehead atoms. The van der Waals surface area contributed by atoms with Crippen molar-refractivity contribution < 1.29 is 0 Å². The lowest BCUT2D eigenvalue weighted by molar-refractivity contribution is 1.18. The van der Waals surface area contributed by atoms with Gasteiger partial charge in [-0.05, 0) is 205 Å². The molecule has 0 aliphatic heterocycles. The molecule has 1 aromatic heterocycles. The summed E-state index contributed by atoms with van der Waals surface area (Å²) in [5, 5.41) is 2.41. The van der Waals surface area contributed by atoms with Gasteiger partial charge in [0.2, 0.25) is 0 Å². The van der Waals surface area contributed by atoms with E-state index in [-0.39, 0.29) is 0 Å². The first kappa shape index (κ1) is 48.7. The molecule has 0 saturated heterocycles. The molecule has 3 nitrogen and oxygen atoms in total. The van der Waals surface area contributed by atoms with Crippen LogP contribution in [-0.2, 0) is 0 Å². The second-order valence-electron chi connectivity index (χ2n) is 21.0. The van der Waals surface area contributed by atoms with Crippen LogP contribution in [0, 0.1) is 27.7 Å². The average molecular weight is 1010 g/mol. The number of hydrogen-bond donors (Lipinski definition) is 0. The fourth-order valence-electron chi connectivity index (χ4n) is 11.2. The quantitative estimate of drug-likeness (QED) is 0.121. The van der Waals surface area contributed by atoms with E-state index in [0.29, 0.717) is 0 Å². The molecule has 13 rings (SSSR count). The van der Waals surface area contributed by atoms with Gasteiger partial charge in [-0.3, -0.25) is 0 Å². The zero-order chi connectivity index (χ0) is 53.4. The number of benzene rings is 12. The molecule has 0 aliphatic rings. The van der Waals surface area contributed by atoms with Crippen LogP contribution in [0.5, 0.6) is 0 Å². The number of fused-ring (bicyclic) bond motifs is 3. The van der Waals surface area contributed by atoms with Gasteiger partial charge >= 0.3 is 0 Å². The smallest absolute Gasteiger partial charge is 0.0541 e. The van der Waals surface area contributed by atoms with Crippen LogP contribution in [0.3, 0.4) is 0 Å². The van der Waals surface area contributed by atoms with E-state index in [1.165, 1.54) is 60.8 Å². The highest BCUT2D eigenvalue weighted by Gasteiger charge is 2.22. The van der Waals surface area contributed by atoms with Crippen molar-refractivity contribution in [1.29, 1.82) is 0 Å². The van der Waals surface area contributed by atoms with Gasteiger partial charge in [-0.25, -0.2) is 0 Å². The summed E-state index contributed by atoms with van der Waals surface area (Å²) in [6.07, 6.45) is 0. The zero-order valence-electron chi connectivity index (χ0n) is 45.0. The molecule has 0 N–H and O–H groups in total. The predicted molar refractivity (Wildman–Crippen MR) is 336 cm³/mol. The Hall–Kier alpha value is -9.96. The van der Waals surface area contributed by atoms with Gasteiger partial charge < -0.3 is 14.4 Å². The number of aryl methyl sites for hydroxylation is 4. The third-order valence-electron chi connectivity index (χ3n) is 15.4. The maximum absolute atomic E-state index is 2.43. The lowest BCUT2D eigenvalue weighted by Crippen LogP contribution is -2.14. The van der Waals surface area contributed by atoms with Crippen molar-refractivity contribution in [2.24, 2.45) is 0 Å². The summed E-state index contributed by atoms with van der Waals surface area (Å²) >= 11 is 0. The maximum Gasteiger partial charge on any atom is 0.0541 e. The Bertz CT molecular complexity index is 4070. The second kappa shape index (κ2) is 20.9. The molecule has 0 fully saturated rings. The van der Waals surface area contributed by atoms with Crippen molar-refractivity contribution in [3.8, 4) is 61.3 Å². The second-order valence-corrected chi connectivity index (χ2v) is 21.0. The Morgan fingerprint density at radius 2 is 0.506 bits per heavy atom. The van der Waals surface area contributed by atoms with Crippen LogP contribution >= 0.6 is 0 Å². The van der Waals surface area contributed by atoms with Gasteiger partial charge in [0.25, 0.3) is 0 Å². The van der Waals surface area contributed by atoms with E-state index in [2.05, 4.69) is 327 Å². The lowest BCUT2D eigenvalue weighted by Gasteiger charge is -2.30. The molecule has 0 aliphatic carbocycles. The van der Waals surface area contributed by atoms with Crippen molar-refractivity contribution >= 4 is 55.9 Å². The number of rotatable bonds is 12. The SMILES string of the molecule is Cc1ccc(N(c2ccc(C)cc2)c2cc(-c3cc(-c4ccccc4)cc(-c4ccc5c(c4)c4cc(-c6ccccc6)ccc4n5-c4ccc(-c5ccccc5)cc4)c3)cc(N(c3ccc(C)cc3)c3ccc(C)cc3)c2)cc1. The van der Waals surface area contributed by atoms with E-state index in [1.807, 2.05) is 0 Å². The summed E-state index contributed by atoms with van der Waals surface area (Å²) < 4.78 is 2.43. The fourth-order valence-corrected chi connectivity index (χ4v) is 11.2.